The number of hydrogen-bond acceptors (Lipinski definition) is 3. The molecule has 0 radical (unpaired) electrons. The summed E-state index contributed by atoms with van der Waals surface area (Å²) in [7, 11) is 0. The number of carbonyl (C=O) groups is 2. The van der Waals surface area contributed by atoms with Crippen molar-refractivity contribution >= 4 is 11.8 Å². The summed E-state index contributed by atoms with van der Waals surface area (Å²) in [4.78, 5) is 21.9. The lowest BCUT2D eigenvalue weighted by Crippen LogP contribution is -2.22. The number of ether oxygens (including phenoxy) is 1. The molecule has 82 valence electrons. The van der Waals surface area contributed by atoms with Crippen molar-refractivity contribution in [1.82, 2.24) is 0 Å². The van der Waals surface area contributed by atoms with Crippen LogP contribution in [0.3, 0.4) is 0 Å². The Bertz CT molecular complexity index is 187. The maximum Gasteiger partial charge on any atom is 0.303 e. The largest absolute Gasteiger partial charge is 0.455 e. The molecule has 0 aromatic heterocycles. The Morgan fingerprint density at radius 1 is 1.21 bits per heavy atom. The average molecular weight is 200 g/mol. The summed E-state index contributed by atoms with van der Waals surface area (Å²) < 4.78 is 4.78. The van der Waals surface area contributed by atoms with Crippen molar-refractivity contribution in [3.63, 3.8) is 0 Å². The highest BCUT2D eigenvalue weighted by Gasteiger charge is 2.14. The van der Waals surface area contributed by atoms with E-state index < -0.39 is 6.10 Å². The first-order valence-electron chi connectivity index (χ1n) is 5.27. The fourth-order valence-electron chi connectivity index (χ4n) is 1.24. The molecule has 0 N–H and O–H groups in total. The average Bonchev–Trinajstić information content (AvgIpc) is 2.11. The Hall–Kier alpha value is -0.860. The lowest BCUT2D eigenvalue weighted by molar-refractivity contribution is -0.151. The van der Waals surface area contributed by atoms with Crippen LogP contribution in [0.2, 0.25) is 0 Å². The van der Waals surface area contributed by atoms with Crippen LogP contribution in [0.5, 0.6) is 0 Å². The Balaban J connectivity index is 3.57. The summed E-state index contributed by atoms with van der Waals surface area (Å²) in [6.07, 6.45) is 4.25. The summed E-state index contributed by atoms with van der Waals surface area (Å²) in [6.45, 7) is 5.08. The van der Waals surface area contributed by atoms with Gasteiger partial charge in [-0.2, -0.15) is 0 Å². The molecule has 0 spiro atoms. The fraction of sp³-hybridized carbons (Fsp3) is 0.818. The zero-order valence-corrected chi connectivity index (χ0v) is 9.34. The van der Waals surface area contributed by atoms with E-state index in [0.29, 0.717) is 6.42 Å². The number of unbranched alkanes of at least 4 members (excludes halogenated alkanes) is 3. The molecular formula is C11H20O3. The van der Waals surface area contributed by atoms with Crippen LogP contribution < -0.4 is 0 Å². The van der Waals surface area contributed by atoms with Crippen LogP contribution in [0.1, 0.15) is 52.9 Å². The molecule has 0 rings (SSSR count). The molecular weight excluding hydrogens is 180 g/mol. The molecule has 3 heteroatoms. The highest BCUT2D eigenvalue weighted by atomic mass is 16.5. The van der Waals surface area contributed by atoms with E-state index in [2.05, 4.69) is 6.92 Å². The van der Waals surface area contributed by atoms with Crippen LogP contribution in [-0.2, 0) is 14.3 Å². The molecule has 0 aromatic rings. The predicted octanol–water partition coefficient (Wildman–Crippen LogP) is 2.48. The lowest BCUT2D eigenvalue weighted by Gasteiger charge is -2.09. The van der Waals surface area contributed by atoms with Gasteiger partial charge < -0.3 is 4.74 Å². The third-order valence-corrected chi connectivity index (χ3v) is 2.07. The van der Waals surface area contributed by atoms with Crippen LogP contribution in [0, 0.1) is 0 Å². The third kappa shape index (κ3) is 6.63. The number of hydrogen-bond donors (Lipinski definition) is 0. The molecule has 0 aliphatic heterocycles. The minimum atomic E-state index is -0.575. The van der Waals surface area contributed by atoms with Gasteiger partial charge in [0.2, 0.25) is 0 Å². The standard InChI is InChI=1S/C11H20O3/c1-4-5-6-7-8-11(13)9(2)14-10(3)12/h9H,4-8H2,1-3H3. The van der Waals surface area contributed by atoms with Gasteiger partial charge in [-0.1, -0.05) is 26.2 Å². The quantitative estimate of drug-likeness (QED) is 0.468. The van der Waals surface area contributed by atoms with E-state index in [1.807, 2.05) is 0 Å². The number of carbonyl (C=O) groups excluding carboxylic acids is 2. The summed E-state index contributed by atoms with van der Waals surface area (Å²) in [5.74, 6) is -0.365. The van der Waals surface area contributed by atoms with Crippen LogP contribution in [0.4, 0.5) is 0 Å². The van der Waals surface area contributed by atoms with Crippen molar-refractivity contribution < 1.29 is 14.3 Å². The SMILES string of the molecule is CCCCCCC(=O)C(C)OC(C)=O. The van der Waals surface area contributed by atoms with Gasteiger partial charge in [-0.05, 0) is 13.3 Å². The minimum absolute atomic E-state index is 0.0244. The fourth-order valence-corrected chi connectivity index (χ4v) is 1.24. The first kappa shape index (κ1) is 13.1. The molecule has 14 heavy (non-hydrogen) atoms. The van der Waals surface area contributed by atoms with Crippen molar-refractivity contribution in [2.75, 3.05) is 0 Å². The van der Waals surface area contributed by atoms with Crippen molar-refractivity contribution in [1.29, 1.82) is 0 Å². The van der Waals surface area contributed by atoms with Gasteiger partial charge in [0.15, 0.2) is 11.9 Å². The van der Waals surface area contributed by atoms with E-state index in [9.17, 15) is 9.59 Å². The van der Waals surface area contributed by atoms with Gasteiger partial charge in [0.1, 0.15) is 0 Å². The summed E-state index contributed by atoms with van der Waals surface area (Å²) in [5.41, 5.74) is 0. The molecule has 0 aliphatic rings. The van der Waals surface area contributed by atoms with E-state index in [1.165, 1.54) is 6.92 Å². The van der Waals surface area contributed by atoms with Crippen molar-refractivity contribution in [3.8, 4) is 0 Å². The maximum absolute atomic E-state index is 11.4. The van der Waals surface area contributed by atoms with Crippen LogP contribution in [0.25, 0.3) is 0 Å². The smallest absolute Gasteiger partial charge is 0.303 e. The molecule has 0 amide bonds. The monoisotopic (exact) mass is 200 g/mol. The lowest BCUT2D eigenvalue weighted by atomic mass is 10.1. The number of Topliss-reactive ketones (excluding diaryl/α,β-unsaturated/α-hetero) is 1. The predicted molar refractivity (Wildman–Crippen MR) is 55.0 cm³/mol. The normalized spacial score (nSPS) is 12.2. The first-order valence-corrected chi connectivity index (χ1v) is 5.27. The maximum atomic E-state index is 11.4. The Morgan fingerprint density at radius 2 is 1.86 bits per heavy atom. The minimum Gasteiger partial charge on any atom is -0.455 e. The molecule has 0 aromatic carbocycles. The zero-order chi connectivity index (χ0) is 11.0. The second-order valence-corrected chi connectivity index (χ2v) is 3.53. The van der Waals surface area contributed by atoms with Gasteiger partial charge in [-0.3, -0.25) is 9.59 Å². The van der Waals surface area contributed by atoms with Gasteiger partial charge in [0, 0.05) is 13.3 Å². The van der Waals surface area contributed by atoms with Gasteiger partial charge in [-0.15, -0.1) is 0 Å². The molecule has 0 saturated carbocycles. The molecule has 0 aliphatic carbocycles. The first-order chi connectivity index (χ1) is 6.57. The van der Waals surface area contributed by atoms with Crippen LogP contribution in [0.15, 0.2) is 0 Å². The second-order valence-electron chi connectivity index (χ2n) is 3.53. The second kappa shape index (κ2) is 7.54. The van der Waals surface area contributed by atoms with Crippen molar-refractivity contribution in [3.05, 3.63) is 0 Å². The Morgan fingerprint density at radius 3 is 2.36 bits per heavy atom. The molecule has 0 fully saturated rings. The summed E-state index contributed by atoms with van der Waals surface area (Å²) in [6, 6.07) is 0. The molecule has 0 saturated heterocycles. The van der Waals surface area contributed by atoms with Crippen molar-refractivity contribution in [2.45, 2.75) is 59.0 Å². The van der Waals surface area contributed by atoms with Crippen molar-refractivity contribution in [2.24, 2.45) is 0 Å². The molecule has 0 bridgehead atoms. The topological polar surface area (TPSA) is 43.4 Å². The number of ketones is 1. The van der Waals surface area contributed by atoms with Gasteiger partial charge in [0.25, 0.3) is 0 Å². The number of esters is 1. The van der Waals surface area contributed by atoms with Gasteiger partial charge in [-0.25, -0.2) is 0 Å². The number of rotatable bonds is 7. The van der Waals surface area contributed by atoms with Gasteiger partial charge >= 0.3 is 5.97 Å². The Labute approximate surface area is 85.8 Å². The van der Waals surface area contributed by atoms with E-state index >= 15 is 0 Å². The van der Waals surface area contributed by atoms with E-state index in [-0.39, 0.29) is 11.8 Å². The molecule has 1 atom stereocenters. The third-order valence-electron chi connectivity index (χ3n) is 2.07. The van der Waals surface area contributed by atoms with E-state index in [1.54, 1.807) is 6.92 Å². The molecule has 3 nitrogen and oxygen atoms in total. The van der Waals surface area contributed by atoms with E-state index in [0.717, 1.165) is 25.7 Å². The van der Waals surface area contributed by atoms with E-state index in [4.69, 9.17) is 4.74 Å². The highest BCUT2D eigenvalue weighted by Crippen LogP contribution is 2.06. The summed E-state index contributed by atoms with van der Waals surface area (Å²) in [5, 5.41) is 0. The highest BCUT2D eigenvalue weighted by molar-refractivity contribution is 5.84. The molecule has 1 unspecified atom stereocenters. The van der Waals surface area contributed by atoms with Gasteiger partial charge in [0.05, 0.1) is 0 Å². The van der Waals surface area contributed by atoms with Crippen LogP contribution >= 0.6 is 0 Å². The van der Waals surface area contributed by atoms with Crippen LogP contribution in [-0.4, -0.2) is 17.9 Å². The Kier molecular flexibility index (Phi) is 7.07. The zero-order valence-electron chi connectivity index (χ0n) is 9.34. The summed E-state index contributed by atoms with van der Waals surface area (Å²) >= 11 is 0. The molecule has 0 heterocycles.